The largest absolute Gasteiger partial charge is 0.394 e. The second-order valence-corrected chi connectivity index (χ2v) is 16.2. The second-order valence-electron chi connectivity index (χ2n) is 16.2. The molecule has 0 aromatic rings. The summed E-state index contributed by atoms with van der Waals surface area (Å²) in [6.07, 6.45) is 57.1. The lowest BCUT2D eigenvalue weighted by atomic mass is 9.99. The van der Waals surface area contributed by atoms with Crippen molar-refractivity contribution < 1.29 is 39.8 Å². The van der Waals surface area contributed by atoms with Gasteiger partial charge in [-0.3, -0.25) is 4.79 Å². The Morgan fingerprint density at radius 1 is 0.556 bits per heavy atom. The maximum Gasteiger partial charge on any atom is 0.220 e. The Hall–Kier alpha value is -3.41. The van der Waals surface area contributed by atoms with E-state index in [0.717, 1.165) is 116 Å². The molecule has 6 N–H and O–H groups in total. The van der Waals surface area contributed by atoms with Crippen LogP contribution in [0.1, 0.15) is 155 Å². The van der Waals surface area contributed by atoms with Crippen molar-refractivity contribution in [2.45, 2.75) is 198 Å². The lowest BCUT2D eigenvalue weighted by Crippen LogP contribution is -2.60. The van der Waals surface area contributed by atoms with E-state index in [1.54, 1.807) is 6.08 Å². The molecule has 9 nitrogen and oxygen atoms in total. The number of aliphatic hydroxyl groups excluding tert-OH is 5. The molecule has 1 fully saturated rings. The Kier molecular flexibility index (Phi) is 38.9. The van der Waals surface area contributed by atoms with Gasteiger partial charge in [0.2, 0.25) is 5.91 Å². The summed E-state index contributed by atoms with van der Waals surface area (Å²) < 4.78 is 11.1. The lowest BCUT2D eigenvalue weighted by molar-refractivity contribution is -0.302. The van der Waals surface area contributed by atoms with Crippen molar-refractivity contribution in [1.82, 2.24) is 5.32 Å². The number of aliphatic hydroxyl groups is 5. The molecule has 1 saturated heterocycles. The monoisotopic (exact) mass is 878 g/mol. The summed E-state index contributed by atoms with van der Waals surface area (Å²) in [4.78, 5) is 12.9. The van der Waals surface area contributed by atoms with Gasteiger partial charge in [-0.25, -0.2) is 0 Å². The van der Waals surface area contributed by atoms with Crippen LogP contribution in [0.25, 0.3) is 0 Å². The number of carbonyl (C=O) groups excluding carboxylic acids is 1. The molecule has 1 amide bonds. The van der Waals surface area contributed by atoms with E-state index in [2.05, 4.69) is 129 Å². The maximum absolute atomic E-state index is 12.9. The SMILES string of the molecule is CC/C=C\C/C=C\C/C=C\C/C=C\C/C=C\C/C=C\C/C=C\C/C=C\C/C=C\CCCCCCCC(=O)NC(COC1OC(CO)C(O)C(O)C1O)C(O)/C=C/CCCCCCC. The zero-order valence-electron chi connectivity index (χ0n) is 39.0. The Bertz CT molecular complexity index is 1390. The van der Waals surface area contributed by atoms with Crippen LogP contribution in [0.2, 0.25) is 0 Å². The minimum atomic E-state index is -1.58. The second kappa shape index (κ2) is 42.5. The molecule has 7 unspecified atom stereocenters. The van der Waals surface area contributed by atoms with E-state index in [9.17, 15) is 30.3 Å². The molecule has 7 atom stereocenters. The Morgan fingerprint density at radius 3 is 1.46 bits per heavy atom. The van der Waals surface area contributed by atoms with Crippen molar-refractivity contribution in [3.8, 4) is 0 Å². The first kappa shape index (κ1) is 57.6. The number of hydrogen-bond acceptors (Lipinski definition) is 8. The molecule has 1 rings (SSSR count). The summed E-state index contributed by atoms with van der Waals surface area (Å²) in [5.74, 6) is -0.208. The van der Waals surface area contributed by atoms with Gasteiger partial charge < -0.3 is 40.3 Å². The van der Waals surface area contributed by atoms with Crippen LogP contribution in [-0.4, -0.2) is 87.5 Å². The quantitative estimate of drug-likeness (QED) is 0.0265. The molecule has 1 heterocycles. The molecule has 1 aliphatic heterocycles. The van der Waals surface area contributed by atoms with Crippen LogP contribution < -0.4 is 5.32 Å². The van der Waals surface area contributed by atoms with Crippen LogP contribution in [-0.2, 0) is 14.3 Å². The summed E-state index contributed by atoms with van der Waals surface area (Å²) in [6.45, 7) is 3.55. The molecule has 0 bridgehead atoms. The molecule has 9 heteroatoms. The van der Waals surface area contributed by atoms with Gasteiger partial charge in [-0.2, -0.15) is 0 Å². The molecule has 63 heavy (non-hydrogen) atoms. The predicted molar refractivity (Wildman–Crippen MR) is 262 cm³/mol. The number of amides is 1. The van der Waals surface area contributed by atoms with Crippen LogP contribution in [0.4, 0.5) is 0 Å². The molecule has 0 aliphatic carbocycles. The van der Waals surface area contributed by atoms with Gasteiger partial charge in [0, 0.05) is 6.42 Å². The highest BCUT2D eigenvalue weighted by Gasteiger charge is 2.44. The van der Waals surface area contributed by atoms with Crippen molar-refractivity contribution in [2.75, 3.05) is 13.2 Å². The van der Waals surface area contributed by atoms with E-state index in [-0.39, 0.29) is 12.5 Å². The van der Waals surface area contributed by atoms with E-state index in [0.29, 0.717) is 6.42 Å². The van der Waals surface area contributed by atoms with Gasteiger partial charge in [0.05, 0.1) is 25.4 Å². The van der Waals surface area contributed by atoms with Gasteiger partial charge >= 0.3 is 0 Å². The molecule has 0 aromatic heterocycles. The summed E-state index contributed by atoms with van der Waals surface area (Å²) in [5, 5.41) is 53.9. The Balaban J connectivity index is 2.20. The first-order chi connectivity index (χ1) is 30.8. The third-order valence-corrected chi connectivity index (χ3v) is 10.5. The van der Waals surface area contributed by atoms with Crippen molar-refractivity contribution in [1.29, 1.82) is 0 Å². The number of rotatable bonds is 38. The summed E-state index contributed by atoms with van der Waals surface area (Å²) in [6, 6.07) is -0.821. The number of ether oxygens (including phenoxy) is 2. The fourth-order valence-corrected chi connectivity index (χ4v) is 6.67. The van der Waals surface area contributed by atoms with Crippen LogP contribution in [0.5, 0.6) is 0 Å². The maximum atomic E-state index is 12.9. The van der Waals surface area contributed by atoms with E-state index in [4.69, 9.17) is 9.47 Å². The number of allylic oxidation sites excluding steroid dienone is 19. The Labute approximate surface area is 382 Å². The normalized spacial score (nSPS) is 21.3. The number of nitrogens with one attached hydrogen (secondary N) is 1. The van der Waals surface area contributed by atoms with Gasteiger partial charge in [-0.05, 0) is 89.9 Å². The molecule has 0 saturated carbocycles. The molecular weight excluding hydrogens is 791 g/mol. The van der Waals surface area contributed by atoms with Gasteiger partial charge in [-0.1, -0.05) is 180 Å². The summed E-state index contributed by atoms with van der Waals surface area (Å²) in [5.41, 5.74) is 0. The third kappa shape index (κ3) is 32.8. The highest BCUT2D eigenvalue weighted by atomic mass is 16.7. The number of carbonyl (C=O) groups is 1. The fraction of sp³-hybridized carbons (Fsp3) is 0.611. The van der Waals surface area contributed by atoms with E-state index >= 15 is 0 Å². The Morgan fingerprint density at radius 2 is 0.984 bits per heavy atom. The number of hydrogen-bond donors (Lipinski definition) is 6. The van der Waals surface area contributed by atoms with Crippen molar-refractivity contribution in [3.05, 3.63) is 122 Å². The van der Waals surface area contributed by atoms with E-state index < -0.39 is 49.5 Å². The number of unbranched alkanes of at least 4 members (excludes halogenated alkanes) is 10. The summed E-state index contributed by atoms with van der Waals surface area (Å²) in [7, 11) is 0. The first-order valence-electron chi connectivity index (χ1n) is 24.3. The average Bonchev–Trinajstić information content (AvgIpc) is 3.28. The van der Waals surface area contributed by atoms with Crippen LogP contribution in [0, 0.1) is 0 Å². The van der Waals surface area contributed by atoms with Crippen molar-refractivity contribution >= 4 is 5.91 Å². The highest BCUT2D eigenvalue weighted by Crippen LogP contribution is 2.22. The predicted octanol–water partition coefficient (Wildman–Crippen LogP) is 10.8. The molecule has 0 spiro atoms. The van der Waals surface area contributed by atoms with Gasteiger partial charge in [0.25, 0.3) is 0 Å². The van der Waals surface area contributed by atoms with Crippen molar-refractivity contribution in [2.24, 2.45) is 0 Å². The van der Waals surface area contributed by atoms with E-state index in [1.165, 1.54) is 19.3 Å². The lowest BCUT2D eigenvalue weighted by Gasteiger charge is -2.40. The van der Waals surface area contributed by atoms with Gasteiger partial charge in [-0.15, -0.1) is 0 Å². The standard InChI is InChI=1S/C54H87NO8/c1-3-5-7-9-11-12-13-14-15-16-17-18-19-20-21-22-23-24-25-26-27-28-29-30-31-32-33-34-35-36-38-40-42-44-50(58)55-47(48(57)43-41-39-37-10-8-6-4-2)46-62-54-53(61)52(60)51(59)49(45-56)63-54/h5,7,11-12,14-15,17-18,20-21,23-24,26-27,29-30,32-33,41,43,47-49,51-54,56-57,59-61H,3-4,6,8-10,13,16,19,22,25,28,31,34-40,42,44-46H2,1-2H3,(H,55,58)/b7-5-,12-11-,15-14-,18-17-,21-20-,24-23-,27-26-,30-29-,33-32-,43-41+. The van der Waals surface area contributed by atoms with Gasteiger partial charge in [0.1, 0.15) is 24.4 Å². The smallest absolute Gasteiger partial charge is 0.220 e. The fourth-order valence-electron chi connectivity index (χ4n) is 6.67. The van der Waals surface area contributed by atoms with Crippen LogP contribution in [0.3, 0.4) is 0 Å². The minimum absolute atomic E-state index is 0.206. The molecule has 1 aliphatic rings. The topological polar surface area (TPSA) is 149 Å². The molecular formula is C54H87NO8. The van der Waals surface area contributed by atoms with E-state index in [1.807, 2.05) is 6.08 Å². The molecule has 0 radical (unpaired) electrons. The van der Waals surface area contributed by atoms with Crippen molar-refractivity contribution in [3.63, 3.8) is 0 Å². The molecule has 356 valence electrons. The van der Waals surface area contributed by atoms with Gasteiger partial charge in [0.15, 0.2) is 6.29 Å². The van der Waals surface area contributed by atoms with Crippen LogP contribution in [0.15, 0.2) is 122 Å². The highest BCUT2D eigenvalue weighted by molar-refractivity contribution is 5.76. The third-order valence-electron chi connectivity index (χ3n) is 10.5. The summed E-state index contributed by atoms with van der Waals surface area (Å²) >= 11 is 0. The zero-order valence-corrected chi connectivity index (χ0v) is 39.0. The molecule has 0 aromatic carbocycles. The minimum Gasteiger partial charge on any atom is -0.394 e. The average molecular weight is 878 g/mol. The zero-order chi connectivity index (χ0) is 45.9. The van der Waals surface area contributed by atoms with Crippen LogP contribution >= 0.6 is 0 Å². The first-order valence-corrected chi connectivity index (χ1v) is 24.3.